The van der Waals surface area contributed by atoms with Crippen LogP contribution in [0.1, 0.15) is 50.6 Å². The summed E-state index contributed by atoms with van der Waals surface area (Å²) < 4.78 is 55.2. The number of fused-ring (bicyclic) bond motifs is 5. The van der Waals surface area contributed by atoms with E-state index in [1.165, 1.54) is 29.2 Å². The highest BCUT2D eigenvalue weighted by Gasteiger charge is 2.39. The Bertz CT molecular complexity index is 2480. The summed E-state index contributed by atoms with van der Waals surface area (Å²) in [5.41, 5.74) is 14.8. The van der Waals surface area contributed by atoms with Gasteiger partial charge < -0.3 is 16.4 Å². The first-order chi connectivity index (χ1) is 25.5. The van der Waals surface area contributed by atoms with Crippen molar-refractivity contribution in [3.63, 3.8) is 0 Å². The Morgan fingerprint density at radius 1 is 0.963 bits per heavy atom. The minimum atomic E-state index is -4.53. The predicted octanol–water partition coefficient (Wildman–Crippen LogP) is 7.49. The predicted molar refractivity (Wildman–Crippen MR) is 207 cm³/mol. The number of alkyl halides is 3. The van der Waals surface area contributed by atoms with Crippen molar-refractivity contribution in [1.82, 2.24) is 4.90 Å². The van der Waals surface area contributed by atoms with Crippen LogP contribution in [0.25, 0.3) is 12.2 Å². The minimum absolute atomic E-state index is 0. The summed E-state index contributed by atoms with van der Waals surface area (Å²) in [5.74, 6) is -1.18. The van der Waals surface area contributed by atoms with Crippen molar-refractivity contribution in [3.8, 4) is 0 Å². The number of rotatable bonds is 5. The van der Waals surface area contributed by atoms with Gasteiger partial charge in [0.15, 0.2) is 5.78 Å². The van der Waals surface area contributed by atoms with Gasteiger partial charge in [0.1, 0.15) is 11.5 Å². The lowest BCUT2D eigenvalue weighted by molar-refractivity contribution is -0.112. The normalized spacial score (nSPS) is 18.0. The van der Waals surface area contributed by atoms with Gasteiger partial charge in [-0.2, -0.15) is 13.2 Å². The molecule has 2 aliphatic carbocycles. The van der Waals surface area contributed by atoms with Gasteiger partial charge in [0.05, 0.1) is 11.7 Å². The monoisotopic (exact) mass is 770 g/mol. The van der Waals surface area contributed by atoms with E-state index < -0.39 is 29.6 Å². The van der Waals surface area contributed by atoms with Crippen LogP contribution >= 0.6 is 24.2 Å². The van der Waals surface area contributed by atoms with E-state index in [9.17, 15) is 27.2 Å². The molecule has 8 rings (SSSR count). The molecule has 4 N–H and O–H groups in total. The van der Waals surface area contributed by atoms with Crippen LogP contribution in [0, 0.1) is 16.3 Å². The van der Waals surface area contributed by atoms with E-state index in [4.69, 9.17) is 11.5 Å². The molecule has 0 saturated carbocycles. The number of primary amides is 1. The summed E-state index contributed by atoms with van der Waals surface area (Å²) in [4.78, 5) is 30.8. The molecule has 4 aliphatic rings. The fraction of sp³-hybridized carbons (Fsp3) is 0.167. The largest absolute Gasteiger partial charge is 0.431 e. The number of hydrogen-bond donors (Lipinski definition) is 2. The average molecular weight is 771 g/mol. The van der Waals surface area contributed by atoms with Crippen molar-refractivity contribution in [3.05, 3.63) is 163 Å². The molecular formula is C42H35ClF4N4O2S. The maximum absolute atomic E-state index is 13.9. The standard InChI is InChI=1S/C32H26F4N2O.C10H8N2OS.ClH/c33-24-10-5-19(6-11-24)17-38-18-20(7-14-28(38)32(34,35)36)15-23-16-22-3-1-2-4-25(22)26-12-8-21-9-13-27(37)31(39)30(21)29(23)26;11-10(13)7-2-3-9-8(6-7)12-4-1-5-14-9;/h1-12,14,16,23,27H,13,15,17-18,37H2;1-6H,(H2,11,13);1H/t23?,27-;;/m1../s1. The Kier molecular flexibility index (Phi) is 11.4. The second kappa shape index (κ2) is 16.0. The van der Waals surface area contributed by atoms with Crippen LogP contribution in [0.15, 0.2) is 124 Å². The Morgan fingerprint density at radius 2 is 1.74 bits per heavy atom. The summed E-state index contributed by atoms with van der Waals surface area (Å²) in [6.45, 7) is 0.0626. The first kappa shape index (κ1) is 38.5. The van der Waals surface area contributed by atoms with Crippen molar-refractivity contribution >= 4 is 59.9 Å². The summed E-state index contributed by atoms with van der Waals surface area (Å²) in [6, 6.07) is 22.1. The molecule has 1 unspecified atom stereocenters. The molecule has 2 heterocycles. The summed E-state index contributed by atoms with van der Waals surface area (Å²) in [7, 11) is 0. The molecule has 6 nitrogen and oxygen atoms in total. The van der Waals surface area contributed by atoms with Crippen molar-refractivity contribution in [2.45, 2.75) is 42.4 Å². The van der Waals surface area contributed by atoms with Gasteiger partial charge >= 0.3 is 6.18 Å². The molecular weight excluding hydrogens is 736 g/mol. The maximum Gasteiger partial charge on any atom is 0.431 e. The van der Waals surface area contributed by atoms with Gasteiger partial charge in [-0.3, -0.25) is 14.6 Å². The number of amides is 1. The Morgan fingerprint density at radius 3 is 2.50 bits per heavy atom. The zero-order chi connectivity index (χ0) is 37.3. The molecule has 1 amide bonds. The van der Waals surface area contributed by atoms with Crippen LogP contribution in [-0.2, 0) is 6.54 Å². The minimum Gasteiger partial charge on any atom is -0.366 e. The van der Waals surface area contributed by atoms with Crippen LogP contribution in [-0.4, -0.2) is 41.6 Å². The lowest BCUT2D eigenvalue weighted by Crippen LogP contribution is -2.39. The number of aliphatic imine (C=N–C) groups is 1. The second-order valence-electron chi connectivity index (χ2n) is 13.1. The van der Waals surface area contributed by atoms with Gasteiger partial charge in [-0.25, -0.2) is 4.39 Å². The first-order valence-electron chi connectivity index (χ1n) is 17.0. The van der Waals surface area contributed by atoms with E-state index in [0.717, 1.165) is 48.7 Å². The summed E-state index contributed by atoms with van der Waals surface area (Å²) >= 11 is 1.57. The Labute approximate surface area is 319 Å². The molecule has 4 aromatic rings. The fourth-order valence-electron chi connectivity index (χ4n) is 7.06. The van der Waals surface area contributed by atoms with Gasteiger partial charge in [0.25, 0.3) is 0 Å². The smallest absolute Gasteiger partial charge is 0.366 e. The topological polar surface area (TPSA) is 102 Å². The molecule has 54 heavy (non-hydrogen) atoms. The summed E-state index contributed by atoms with van der Waals surface area (Å²) in [5, 5.41) is 5.80. The molecule has 0 spiro atoms. The third kappa shape index (κ3) is 8.13. The number of nitrogens with zero attached hydrogens (tertiary/aromatic N) is 2. The third-order valence-corrected chi connectivity index (χ3v) is 10.4. The summed E-state index contributed by atoms with van der Waals surface area (Å²) in [6.07, 6.45) is 6.72. The number of allylic oxidation sites excluding steroid dienone is 4. The highest BCUT2D eigenvalue weighted by atomic mass is 35.5. The van der Waals surface area contributed by atoms with Crippen LogP contribution in [0.2, 0.25) is 0 Å². The average Bonchev–Trinajstić information content (AvgIpc) is 3.39. The molecule has 276 valence electrons. The van der Waals surface area contributed by atoms with E-state index in [-0.39, 0.29) is 37.2 Å². The van der Waals surface area contributed by atoms with Gasteiger partial charge in [0, 0.05) is 41.2 Å². The molecule has 12 heteroatoms. The lowest BCUT2D eigenvalue weighted by Gasteiger charge is -2.33. The maximum atomic E-state index is 13.9. The van der Waals surface area contributed by atoms with E-state index in [1.807, 2.05) is 60.0 Å². The zero-order valence-electron chi connectivity index (χ0n) is 28.7. The molecule has 0 saturated heterocycles. The molecule has 2 atom stereocenters. The number of ketones is 1. The number of carbonyl (C=O) groups excluding carboxylic acids is 2. The van der Waals surface area contributed by atoms with E-state index in [2.05, 4.69) is 11.1 Å². The number of hydrogen-bond acceptors (Lipinski definition) is 6. The van der Waals surface area contributed by atoms with Crippen molar-refractivity contribution < 1.29 is 27.2 Å². The van der Waals surface area contributed by atoms with E-state index >= 15 is 0 Å². The molecule has 0 radical (unpaired) electrons. The number of Topliss-reactive ketones (excluding diaryl/α,β-unsaturated/α-hetero) is 1. The molecule has 0 aromatic heterocycles. The number of halogens is 5. The first-order valence-corrected chi connectivity index (χ1v) is 17.8. The molecule has 0 bridgehead atoms. The second-order valence-corrected chi connectivity index (χ2v) is 14.0. The number of nitrogens with two attached hydrogens (primary N) is 2. The molecule has 4 aromatic carbocycles. The van der Waals surface area contributed by atoms with Crippen molar-refractivity contribution in [2.24, 2.45) is 16.5 Å². The zero-order valence-corrected chi connectivity index (χ0v) is 30.4. The van der Waals surface area contributed by atoms with Crippen LogP contribution < -0.4 is 21.9 Å². The highest BCUT2D eigenvalue weighted by Crippen LogP contribution is 2.37. The molecule has 0 fully saturated rings. The van der Waals surface area contributed by atoms with Crippen LogP contribution in [0.3, 0.4) is 0 Å². The number of benzene rings is 4. The van der Waals surface area contributed by atoms with Gasteiger partial charge in [-0.05, 0) is 98.3 Å². The van der Waals surface area contributed by atoms with E-state index in [1.54, 1.807) is 36.2 Å². The quantitative estimate of drug-likeness (QED) is 0.205. The third-order valence-electron chi connectivity index (χ3n) is 9.54. The molecule has 2 aliphatic heterocycles. The number of carbonyl (C=O) groups is 2. The van der Waals surface area contributed by atoms with E-state index in [0.29, 0.717) is 29.5 Å². The van der Waals surface area contributed by atoms with Gasteiger partial charge in [-0.1, -0.05) is 78.5 Å². The van der Waals surface area contributed by atoms with Crippen LogP contribution in [0.4, 0.5) is 23.2 Å². The fourth-order valence-corrected chi connectivity index (χ4v) is 7.74. The SMILES string of the molecule is Cl.NC(=O)c1ccc2c(c1)N=CC=CS2.N[C@@H]1CC=c2ccc3c(c2C1=O)C(CC1=CC=C(C(F)(F)F)N(Cc2ccc(F)cc2)C1)C=c1ccccc1=3. The Hall–Kier alpha value is -5.23. The number of thioether (sulfide) groups is 1. The van der Waals surface area contributed by atoms with Gasteiger partial charge in [-0.15, -0.1) is 12.4 Å². The van der Waals surface area contributed by atoms with Crippen molar-refractivity contribution in [2.75, 3.05) is 6.54 Å². The highest BCUT2D eigenvalue weighted by molar-refractivity contribution is 8.02. The van der Waals surface area contributed by atoms with Gasteiger partial charge in [0.2, 0.25) is 5.91 Å². The van der Waals surface area contributed by atoms with Crippen LogP contribution in [0.5, 0.6) is 0 Å². The Balaban J connectivity index is 0.000000279. The van der Waals surface area contributed by atoms with Crippen molar-refractivity contribution in [1.29, 1.82) is 0 Å². The lowest BCUT2D eigenvalue weighted by atomic mass is 9.79.